The van der Waals surface area contributed by atoms with Gasteiger partial charge >= 0.3 is 0 Å². The number of anilines is 1. The molecular formula is C15H20N4O. The maximum absolute atomic E-state index is 5.91. The van der Waals surface area contributed by atoms with Crippen LogP contribution in [0.2, 0.25) is 0 Å². The van der Waals surface area contributed by atoms with Crippen LogP contribution in [-0.4, -0.2) is 21.1 Å². The SMILES string of the molecule is CCCOc1nc(-n2cnc3c2CCCC3)ccc1N. The fraction of sp³-hybridized carbons (Fsp3) is 0.467. The van der Waals surface area contributed by atoms with Crippen molar-refractivity contribution < 1.29 is 4.74 Å². The summed E-state index contributed by atoms with van der Waals surface area (Å²) in [5.41, 5.74) is 8.96. The second-order valence-electron chi connectivity index (χ2n) is 5.13. The molecule has 5 heteroatoms. The molecule has 2 aromatic heterocycles. The summed E-state index contributed by atoms with van der Waals surface area (Å²) in [6.07, 6.45) is 7.36. The highest BCUT2D eigenvalue weighted by Crippen LogP contribution is 2.25. The molecule has 1 aliphatic carbocycles. The van der Waals surface area contributed by atoms with E-state index in [1.54, 1.807) is 0 Å². The van der Waals surface area contributed by atoms with Crippen LogP contribution in [0.5, 0.6) is 5.88 Å². The van der Waals surface area contributed by atoms with Crippen molar-refractivity contribution in [2.45, 2.75) is 39.0 Å². The number of imidazole rings is 1. The first-order valence-corrected chi connectivity index (χ1v) is 7.24. The summed E-state index contributed by atoms with van der Waals surface area (Å²) in [4.78, 5) is 9.03. The van der Waals surface area contributed by atoms with Crippen LogP contribution in [0, 0.1) is 0 Å². The molecule has 2 aromatic rings. The summed E-state index contributed by atoms with van der Waals surface area (Å²) >= 11 is 0. The fourth-order valence-corrected chi connectivity index (χ4v) is 2.56. The van der Waals surface area contributed by atoms with Crippen molar-refractivity contribution in [3.63, 3.8) is 0 Å². The molecule has 0 atom stereocenters. The van der Waals surface area contributed by atoms with Crippen molar-refractivity contribution in [3.8, 4) is 11.7 Å². The summed E-state index contributed by atoms with van der Waals surface area (Å²) in [6.45, 7) is 2.69. The first-order valence-electron chi connectivity index (χ1n) is 7.24. The van der Waals surface area contributed by atoms with E-state index in [1.165, 1.54) is 24.2 Å². The van der Waals surface area contributed by atoms with E-state index in [1.807, 2.05) is 18.5 Å². The monoisotopic (exact) mass is 272 g/mol. The van der Waals surface area contributed by atoms with Crippen molar-refractivity contribution >= 4 is 5.69 Å². The fourth-order valence-electron chi connectivity index (χ4n) is 2.56. The number of hydrogen-bond acceptors (Lipinski definition) is 4. The van der Waals surface area contributed by atoms with Crippen LogP contribution in [0.4, 0.5) is 5.69 Å². The van der Waals surface area contributed by atoms with E-state index in [0.717, 1.165) is 25.1 Å². The van der Waals surface area contributed by atoms with Crippen LogP contribution in [0.3, 0.4) is 0 Å². The number of nitrogens with two attached hydrogens (primary N) is 1. The summed E-state index contributed by atoms with van der Waals surface area (Å²) in [7, 11) is 0. The highest BCUT2D eigenvalue weighted by molar-refractivity contribution is 5.51. The molecule has 3 rings (SSSR count). The van der Waals surface area contributed by atoms with Gasteiger partial charge in [-0.25, -0.2) is 4.98 Å². The lowest BCUT2D eigenvalue weighted by molar-refractivity contribution is 0.307. The number of rotatable bonds is 4. The van der Waals surface area contributed by atoms with Gasteiger partial charge in [0.2, 0.25) is 5.88 Å². The summed E-state index contributed by atoms with van der Waals surface area (Å²) < 4.78 is 7.66. The largest absolute Gasteiger partial charge is 0.476 e. The average Bonchev–Trinajstić information content (AvgIpc) is 2.90. The third kappa shape index (κ3) is 2.35. The predicted octanol–water partition coefficient (Wildman–Crippen LogP) is 2.52. The molecule has 5 nitrogen and oxygen atoms in total. The minimum Gasteiger partial charge on any atom is -0.476 e. The van der Waals surface area contributed by atoms with E-state index in [0.29, 0.717) is 18.2 Å². The van der Waals surface area contributed by atoms with E-state index in [4.69, 9.17) is 10.5 Å². The minimum atomic E-state index is 0.516. The number of ether oxygens (including phenoxy) is 1. The minimum absolute atomic E-state index is 0.516. The molecule has 1 aliphatic rings. The van der Waals surface area contributed by atoms with Gasteiger partial charge in [-0.05, 0) is 44.2 Å². The molecule has 20 heavy (non-hydrogen) atoms. The van der Waals surface area contributed by atoms with Crippen molar-refractivity contribution in [2.75, 3.05) is 12.3 Å². The smallest absolute Gasteiger partial charge is 0.239 e. The third-order valence-electron chi connectivity index (χ3n) is 3.59. The Balaban J connectivity index is 1.95. The molecule has 0 radical (unpaired) electrons. The quantitative estimate of drug-likeness (QED) is 0.928. The number of aryl methyl sites for hydroxylation is 1. The van der Waals surface area contributed by atoms with Crippen LogP contribution < -0.4 is 10.5 Å². The van der Waals surface area contributed by atoms with Gasteiger partial charge in [0.05, 0.1) is 18.0 Å². The van der Waals surface area contributed by atoms with E-state index >= 15 is 0 Å². The molecule has 0 saturated carbocycles. The number of nitrogen functional groups attached to an aromatic ring is 1. The van der Waals surface area contributed by atoms with E-state index in [9.17, 15) is 0 Å². The maximum atomic E-state index is 5.91. The number of nitrogens with zero attached hydrogens (tertiary/aromatic N) is 3. The van der Waals surface area contributed by atoms with Crippen LogP contribution in [-0.2, 0) is 12.8 Å². The van der Waals surface area contributed by atoms with E-state index < -0.39 is 0 Å². The van der Waals surface area contributed by atoms with E-state index in [-0.39, 0.29) is 0 Å². The first-order chi connectivity index (χ1) is 9.79. The predicted molar refractivity (Wildman–Crippen MR) is 78.2 cm³/mol. The van der Waals surface area contributed by atoms with Gasteiger partial charge in [0.25, 0.3) is 0 Å². The van der Waals surface area contributed by atoms with Crippen molar-refractivity contribution in [3.05, 3.63) is 29.8 Å². The van der Waals surface area contributed by atoms with Gasteiger partial charge in [0, 0.05) is 5.69 Å². The number of fused-ring (bicyclic) bond motifs is 1. The van der Waals surface area contributed by atoms with Crippen LogP contribution in [0.15, 0.2) is 18.5 Å². The molecule has 0 fully saturated rings. The van der Waals surface area contributed by atoms with Gasteiger partial charge in [-0.15, -0.1) is 0 Å². The Labute approximate surface area is 118 Å². The molecule has 0 aliphatic heterocycles. The molecule has 0 amide bonds. The third-order valence-corrected chi connectivity index (χ3v) is 3.59. The molecule has 0 bridgehead atoms. The summed E-state index contributed by atoms with van der Waals surface area (Å²) in [5, 5.41) is 0. The second-order valence-corrected chi connectivity index (χ2v) is 5.13. The lowest BCUT2D eigenvalue weighted by Crippen LogP contribution is -2.09. The number of pyridine rings is 1. The highest BCUT2D eigenvalue weighted by atomic mass is 16.5. The second kappa shape index (κ2) is 5.53. The van der Waals surface area contributed by atoms with Crippen LogP contribution in [0.25, 0.3) is 5.82 Å². The molecule has 0 aromatic carbocycles. The van der Waals surface area contributed by atoms with Crippen LogP contribution >= 0.6 is 0 Å². The van der Waals surface area contributed by atoms with Crippen molar-refractivity contribution in [2.24, 2.45) is 0 Å². The Morgan fingerprint density at radius 2 is 2.15 bits per heavy atom. The van der Waals surface area contributed by atoms with Gasteiger partial charge in [-0.3, -0.25) is 4.57 Å². The molecule has 106 valence electrons. The van der Waals surface area contributed by atoms with Gasteiger partial charge in [-0.2, -0.15) is 4.98 Å². The Morgan fingerprint density at radius 3 is 3.00 bits per heavy atom. The highest BCUT2D eigenvalue weighted by Gasteiger charge is 2.17. The Bertz CT molecular complexity index is 606. The Morgan fingerprint density at radius 1 is 1.30 bits per heavy atom. The topological polar surface area (TPSA) is 66.0 Å². The van der Waals surface area contributed by atoms with Crippen molar-refractivity contribution in [1.82, 2.24) is 14.5 Å². The zero-order valence-corrected chi connectivity index (χ0v) is 11.8. The maximum Gasteiger partial charge on any atom is 0.239 e. The number of aromatic nitrogens is 3. The Hall–Kier alpha value is -2.04. The van der Waals surface area contributed by atoms with Gasteiger partial charge in [0.15, 0.2) is 0 Å². The molecule has 0 saturated heterocycles. The van der Waals surface area contributed by atoms with Gasteiger partial charge < -0.3 is 10.5 Å². The molecule has 0 spiro atoms. The van der Waals surface area contributed by atoms with E-state index in [2.05, 4.69) is 21.5 Å². The van der Waals surface area contributed by atoms with Gasteiger partial charge in [-0.1, -0.05) is 6.92 Å². The molecular weight excluding hydrogens is 252 g/mol. The average molecular weight is 272 g/mol. The standard InChI is InChI=1S/C15H20N4O/c1-2-9-20-15-11(16)7-8-14(18-15)19-10-17-12-5-3-4-6-13(12)19/h7-8,10H,2-6,9,16H2,1H3. The lowest BCUT2D eigenvalue weighted by atomic mass is 10.0. The summed E-state index contributed by atoms with van der Waals surface area (Å²) in [5.74, 6) is 1.35. The lowest BCUT2D eigenvalue weighted by Gasteiger charge is -2.14. The molecule has 2 heterocycles. The first kappa shape index (κ1) is 13.0. The number of hydrogen-bond donors (Lipinski definition) is 1. The van der Waals surface area contributed by atoms with Crippen LogP contribution in [0.1, 0.15) is 37.6 Å². The normalized spacial score (nSPS) is 14.1. The van der Waals surface area contributed by atoms with Gasteiger partial charge in [0.1, 0.15) is 12.1 Å². The zero-order chi connectivity index (χ0) is 13.9. The Kier molecular flexibility index (Phi) is 3.58. The van der Waals surface area contributed by atoms with Crippen molar-refractivity contribution in [1.29, 1.82) is 0 Å². The molecule has 2 N–H and O–H groups in total. The zero-order valence-electron chi connectivity index (χ0n) is 11.8. The summed E-state index contributed by atoms with van der Waals surface area (Å²) in [6, 6.07) is 3.77. The molecule has 0 unspecified atom stereocenters.